The van der Waals surface area contributed by atoms with Gasteiger partial charge in [0, 0.05) is 22.3 Å². The van der Waals surface area contributed by atoms with E-state index in [0.29, 0.717) is 10.4 Å². The van der Waals surface area contributed by atoms with Gasteiger partial charge in [0.1, 0.15) is 5.65 Å². The molecule has 0 saturated heterocycles. The van der Waals surface area contributed by atoms with Crippen molar-refractivity contribution in [2.45, 2.75) is 0 Å². The van der Waals surface area contributed by atoms with Gasteiger partial charge in [-0.3, -0.25) is 4.79 Å². The Morgan fingerprint density at radius 2 is 2.17 bits per heavy atom. The molecule has 3 nitrogen and oxygen atoms in total. The van der Waals surface area contributed by atoms with Crippen molar-refractivity contribution < 1.29 is 4.79 Å². The topological polar surface area (TPSA) is 45.8 Å². The first-order chi connectivity index (χ1) is 8.65. The van der Waals surface area contributed by atoms with Crippen molar-refractivity contribution in [2.75, 3.05) is 0 Å². The summed E-state index contributed by atoms with van der Waals surface area (Å²) < 4.78 is 1.81. The maximum Gasteiger partial charge on any atom is 0.205 e. The Hall–Kier alpha value is -0.980. The standard InChI is InChI=1S/C12H6Br2N2OS/c13-6-3-7-8(5-16-12(7)15-4-6)11(17)9-1-2-10(14)18-9/h1-5H,(H,15,16). The first-order valence-electron chi connectivity index (χ1n) is 5.08. The number of carbonyl (C=O) groups excluding carboxylic acids is 1. The highest BCUT2D eigenvalue weighted by molar-refractivity contribution is 9.11. The van der Waals surface area contributed by atoms with Crippen molar-refractivity contribution in [3.8, 4) is 0 Å². The number of rotatable bonds is 2. The van der Waals surface area contributed by atoms with Crippen LogP contribution in [-0.4, -0.2) is 15.8 Å². The normalized spacial score (nSPS) is 11.0. The molecule has 0 aromatic carbocycles. The van der Waals surface area contributed by atoms with Gasteiger partial charge in [-0.15, -0.1) is 11.3 Å². The zero-order valence-corrected chi connectivity index (χ0v) is 12.9. The van der Waals surface area contributed by atoms with Crippen LogP contribution in [0.1, 0.15) is 15.2 Å². The first-order valence-corrected chi connectivity index (χ1v) is 7.48. The highest BCUT2D eigenvalue weighted by Crippen LogP contribution is 2.27. The minimum absolute atomic E-state index is 0.0110. The molecule has 0 aliphatic heterocycles. The second kappa shape index (κ2) is 4.60. The molecule has 0 aliphatic rings. The molecule has 0 unspecified atom stereocenters. The molecule has 0 aliphatic carbocycles. The Bertz CT molecular complexity index is 747. The molecule has 3 rings (SSSR count). The van der Waals surface area contributed by atoms with E-state index in [-0.39, 0.29) is 5.78 Å². The van der Waals surface area contributed by atoms with E-state index < -0.39 is 0 Å². The van der Waals surface area contributed by atoms with Crippen LogP contribution in [0.5, 0.6) is 0 Å². The van der Waals surface area contributed by atoms with E-state index in [2.05, 4.69) is 41.8 Å². The van der Waals surface area contributed by atoms with Gasteiger partial charge in [-0.2, -0.15) is 0 Å². The van der Waals surface area contributed by atoms with Crippen LogP contribution in [0, 0.1) is 0 Å². The maximum absolute atomic E-state index is 12.4. The first kappa shape index (κ1) is 12.1. The third-order valence-electron chi connectivity index (χ3n) is 2.54. The highest BCUT2D eigenvalue weighted by atomic mass is 79.9. The molecule has 3 heterocycles. The van der Waals surface area contributed by atoms with Gasteiger partial charge < -0.3 is 4.98 Å². The lowest BCUT2D eigenvalue weighted by atomic mass is 10.1. The molecule has 0 amide bonds. The van der Waals surface area contributed by atoms with Crippen LogP contribution in [-0.2, 0) is 0 Å². The van der Waals surface area contributed by atoms with E-state index in [1.807, 2.05) is 18.2 Å². The van der Waals surface area contributed by atoms with Gasteiger partial charge in [0.25, 0.3) is 0 Å². The lowest BCUT2D eigenvalue weighted by Crippen LogP contribution is -1.96. The van der Waals surface area contributed by atoms with Gasteiger partial charge in [0.05, 0.1) is 14.2 Å². The number of H-pyrrole nitrogens is 1. The quantitative estimate of drug-likeness (QED) is 0.665. The molecule has 0 fully saturated rings. The number of fused-ring (bicyclic) bond motifs is 1. The van der Waals surface area contributed by atoms with Crippen molar-refractivity contribution in [1.29, 1.82) is 0 Å². The highest BCUT2D eigenvalue weighted by Gasteiger charge is 2.16. The number of carbonyl (C=O) groups is 1. The number of thiophene rings is 1. The summed E-state index contributed by atoms with van der Waals surface area (Å²) in [7, 11) is 0. The molecule has 1 N–H and O–H groups in total. The van der Waals surface area contributed by atoms with Crippen LogP contribution in [0.4, 0.5) is 0 Å². The largest absolute Gasteiger partial charge is 0.345 e. The zero-order chi connectivity index (χ0) is 12.7. The molecule has 3 aromatic heterocycles. The van der Waals surface area contributed by atoms with Crippen molar-refractivity contribution >= 4 is 60.0 Å². The molecule has 90 valence electrons. The third-order valence-corrected chi connectivity index (χ3v) is 4.60. The van der Waals surface area contributed by atoms with Gasteiger partial charge in [0.2, 0.25) is 5.78 Å². The summed E-state index contributed by atoms with van der Waals surface area (Å²) >= 11 is 8.16. The number of hydrogen-bond donors (Lipinski definition) is 1. The number of ketones is 1. The van der Waals surface area contributed by atoms with E-state index in [1.165, 1.54) is 11.3 Å². The summed E-state index contributed by atoms with van der Waals surface area (Å²) in [5.74, 6) is 0.0110. The summed E-state index contributed by atoms with van der Waals surface area (Å²) in [5, 5.41) is 0.832. The minimum Gasteiger partial charge on any atom is -0.345 e. The van der Waals surface area contributed by atoms with Crippen molar-refractivity contribution in [1.82, 2.24) is 9.97 Å². The van der Waals surface area contributed by atoms with E-state index in [1.54, 1.807) is 12.4 Å². The fraction of sp³-hybridized carbons (Fsp3) is 0. The van der Waals surface area contributed by atoms with Gasteiger partial charge in [-0.25, -0.2) is 4.98 Å². The molecule has 3 aromatic rings. The van der Waals surface area contributed by atoms with E-state index >= 15 is 0 Å². The third kappa shape index (κ3) is 2.04. The van der Waals surface area contributed by atoms with Crippen LogP contribution < -0.4 is 0 Å². The van der Waals surface area contributed by atoms with E-state index in [4.69, 9.17) is 0 Å². The van der Waals surface area contributed by atoms with Crippen LogP contribution in [0.2, 0.25) is 0 Å². The average molecular weight is 386 g/mol. The van der Waals surface area contributed by atoms with Crippen LogP contribution in [0.15, 0.2) is 38.9 Å². The lowest BCUT2D eigenvalue weighted by Gasteiger charge is -1.96. The van der Waals surface area contributed by atoms with Crippen LogP contribution >= 0.6 is 43.2 Å². The molecule has 0 bridgehead atoms. The summed E-state index contributed by atoms with van der Waals surface area (Å²) in [5.41, 5.74) is 1.37. The number of nitrogens with one attached hydrogen (secondary N) is 1. The van der Waals surface area contributed by atoms with Crippen molar-refractivity contribution in [3.63, 3.8) is 0 Å². The number of pyridine rings is 1. The zero-order valence-electron chi connectivity index (χ0n) is 8.91. The fourth-order valence-corrected chi connectivity index (χ4v) is 3.41. The fourth-order valence-electron chi connectivity index (χ4n) is 1.73. The molecule has 0 spiro atoms. The van der Waals surface area contributed by atoms with E-state index in [0.717, 1.165) is 19.3 Å². The van der Waals surface area contributed by atoms with E-state index in [9.17, 15) is 4.79 Å². The predicted octanol–water partition coefficient (Wildman–Crippen LogP) is 4.38. The Kier molecular flexibility index (Phi) is 3.09. The van der Waals surface area contributed by atoms with Crippen LogP contribution in [0.3, 0.4) is 0 Å². The second-order valence-electron chi connectivity index (χ2n) is 3.68. The molecule has 0 radical (unpaired) electrons. The Morgan fingerprint density at radius 1 is 1.33 bits per heavy atom. The Labute approximate surface area is 124 Å². The van der Waals surface area contributed by atoms with Gasteiger partial charge >= 0.3 is 0 Å². The Morgan fingerprint density at radius 3 is 2.89 bits per heavy atom. The molecule has 18 heavy (non-hydrogen) atoms. The monoisotopic (exact) mass is 384 g/mol. The minimum atomic E-state index is 0.0110. The number of aromatic amines is 1. The lowest BCUT2D eigenvalue weighted by molar-refractivity contribution is 0.104. The smallest absolute Gasteiger partial charge is 0.205 e. The molecule has 6 heteroatoms. The predicted molar refractivity (Wildman–Crippen MR) is 79.2 cm³/mol. The average Bonchev–Trinajstić information content (AvgIpc) is 2.94. The van der Waals surface area contributed by atoms with Gasteiger partial charge in [-0.05, 0) is 50.1 Å². The molecular formula is C12H6Br2N2OS. The second-order valence-corrected chi connectivity index (χ2v) is 7.06. The molecule has 0 atom stereocenters. The van der Waals surface area contributed by atoms with Crippen molar-refractivity contribution in [2.24, 2.45) is 0 Å². The number of aromatic nitrogens is 2. The number of hydrogen-bond acceptors (Lipinski definition) is 3. The number of halogens is 2. The van der Waals surface area contributed by atoms with Crippen LogP contribution in [0.25, 0.3) is 11.0 Å². The summed E-state index contributed by atoms with van der Waals surface area (Å²) in [6.07, 6.45) is 3.41. The SMILES string of the molecule is O=C(c1ccc(Br)s1)c1c[nH]c2ncc(Br)cc12. The summed E-state index contributed by atoms with van der Waals surface area (Å²) in [6, 6.07) is 5.59. The van der Waals surface area contributed by atoms with Gasteiger partial charge in [0.15, 0.2) is 0 Å². The van der Waals surface area contributed by atoms with Crippen molar-refractivity contribution in [3.05, 3.63) is 49.3 Å². The Balaban J connectivity index is 2.14. The van der Waals surface area contributed by atoms with Gasteiger partial charge in [-0.1, -0.05) is 0 Å². The maximum atomic E-state index is 12.4. The summed E-state index contributed by atoms with van der Waals surface area (Å²) in [4.78, 5) is 20.3. The number of nitrogens with zero attached hydrogens (tertiary/aromatic N) is 1. The molecule has 0 saturated carbocycles. The summed E-state index contributed by atoms with van der Waals surface area (Å²) in [6.45, 7) is 0. The molecular weight excluding hydrogens is 380 g/mol.